The summed E-state index contributed by atoms with van der Waals surface area (Å²) < 4.78 is 13.6. The Labute approximate surface area is 75.5 Å². The van der Waals surface area contributed by atoms with Crippen LogP contribution in [0, 0.1) is 11.8 Å². The van der Waals surface area contributed by atoms with Crippen molar-refractivity contribution in [2.75, 3.05) is 0 Å². The molecule has 0 saturated heterocycles. The second-order valence-corrected chi connectivity index (χ2v) is 5.01. The molecule has 2 atom stereocenters. The Bertz CT molecular complexity index is 138. The average Bonchev–Trinajstić information content (AvgIpc) is 1.82. The Hall–Kier alpha value is -0.0700. The highest BCUT2D eigenvalue weighted by Gasteiger charge is 2.31. The summed E-state index contributed by atoms with van der Waals surface area (Å²) in [7, 11) is 0. The van der Waals surface area contributed by atoms with Crippen molar-refractivity contribution in [3.05, 3.63) is 0 Å². The third kappa shape index (κ3) is 3.12. The molecule has 72 valence electrons. The van der Waals surface area contributed by atoms with E-state index in [1.807, 2.05) is 0 Å². The molecule has 0 heterocycles. The van der Waals surface area contributed by atoms with Gasteiger partial charge in [-0.3, -0.25) is 0 Å². The van der Waals surface area contributed by atoms with E-state index in [1.165, 1.54) is 12.8 Å². The first kappa shape index (κ1) is 10.0. The van der Waals surface area contributed by atoms with Gasteiger partial charge in [0.1, 0.15) is 5.67 Å². The predicted octanol–water partition coefficient (Wildman–Crippen LogP) is 3.95. The number of rotatable bonds is 2. The van der Waals surface area contributed by atoms with Gasteiger partial charge >= 0.3 is 0 Å². The minimum absolute atomic E-state index is 0.647. The lowest BCUT2D eigenvalue weighted by Gasteiger charge is -2.32. The SMILES string of the molecule is CC(C)C[C@H]1CCCC(C)(F)C1. The minimum atomic E-state index is -0.863. The van der Waals surface area contributed by atoms with Gasteiger partial charge in [0.15, 0.2) is 0 Å². The molecule has 0 aliphatic heterocycles. The summed E-state index contributed by atoms with van der Waals surface area (Å²) >= 11 is 0. The van der Waals surface area contributed by atoms with E-state index in [9.17, 15) is 4.39 Å². The maximum atomic E-state index is 13.6. The molecule has 0 nitrogen and oxygen atoms in total. The van der Waals surface area contributed by atoms with Gasteiger partial charge < -0.3 is 0 Å². The van der Waals surface area contributed by atoms with Crippen molar-refractivity contribution in [3.63, 3.8) is 0 Å². The maximum absolute atomic E-state index is 13.6. The average molecular weight is 172 g/mol. The Kier molecular flexibility index (Phi) is 3.14. The van der Waals surface area contributed by atoms with E-state index in [0.717, 1.165) is 25.2 Å². The predicted molar refractivity (Wildman–Crippen MR) is 50.9 cm³/mol. The topological polar surface area (TPSA) is 0 Å². The van der Waals surface area contributed by atoms with E-state index in [2.05, 4.69) is 13.8 Å². The normalized spacial score (nSPS) is 37.2. The lowest BCUT2D eigenvalue weighted by atomic mass is 9.77. The molecule has 1 aliphatic carbocycles. The van der Waals surface area contributed by atoms with Crippen molar-refractivity contribution < 1.29 is 4.39 Å². The molecule has 1 heteroatoms. The summed E-state index contributed by atoms with van der Waals surface area (Å²) in [6, 6.07) is 0. The molecule has 1 rings (SSSR count). The molecule has 1 aliphatic rings. The smallest absolute Gasteiger partial charge is 0.108 e. The van der Waals surface area contributed by atoms with Gasteiger partial charge in [-0.05, 0) is 38.0 Å². The molecule has 1 saturated carbocycles. The Morgan fingerprint density at radius 1 is 1.50 bits per heavy atom. The molecule has 0 radical (unpaired) electrons. The highest BCUT2D eigenvalue weighted by Crippen LogP contribution is 2.37. The van der Waals surface area contributed by atoms with Gasteiger partial charge in [0.2, 0.25) is 0 Å². The van der Waals surface area contributed by atoms with Gasteiger partial charge in [0.05, 0.1) is 0 Å². The van der Waals surface area contributed by atoms with Crippen molar-refractivity contribution in [1.29, 1.82) is 0 Å². The molecule has 0 bridgehead atoms. The van der Waals surface area contributed by atoms with Crippen LogP contribution in [0.1, 0.15) is 52.9 Å². The zero-order valence-corrected chi connectivity index (χ0v) is 8.57. The van der Waals surface area contributed by atoms with Crippen molar-refractivity contribution in [2.24, 2.45) is 11.8 Å². The fraction of sp³-hybridized carbons (Fsp3) is 1.00. The summed E-state index contributed by atoms with van der Waals surface area (Å²) in [4.78, 5) is 0. The lowest BCUT2D eigenvalue weighted by Crippen LogP contribution is -2.27. The van der Waals surface area contributed by atoms with Gasteiger partial charge in [-0.2, -0.15) is 0 Å². The maximum Gasteiger partial charge on any atom is 0.108 e. The van der Waals surface area contributed by atoms with Crippen LogP contribution in [-0.2, 0) is 0 Å². The van der Waals surface area contributed by atoms with Crippen LogP contribution in [0.4, 0.5) is 4.39 Å². The second-order valence-electron chi connectivity index (χ2n) is 5.01. The first-order valence-corrected chi connectivity index (χ1v) is 5.18. The zero-order valence-electron chi connectivity index (χ0n) is 8.57. The molecule has 1 unspecified atom stereocenters. The monoisotopic (exact) mass is 172 g/mol. The largest absolute Gasteiger partial charge is 0.244 e. The van der Waals surface area contributed by atoms with Gasteiger partial charge in [-0.1, -0.05) is 26.7 Å². The first-order chi connectivity index (χ1) is 5.49. The molecule has 0 spiro atoms. The Morgan fingerprint density at radius 3 is 2.67 bits per heavy atom. The fourth-order valence-electron chi connectivity index (χ4n) is 2.43. The van der Waals surface area contributed by atoms with Crippen LogP contribution in [0.2, 0.25) is 0 Å². The Morgan fingerprint density at radius 2 is 2.17 bits per heavy atom. The van der Waals surface area contributed by atoms with Crippen LogP contribution in [0.15, 0.2) is 0 Å². The minimum Gasteiger partial charge on any atom is -0.244 e. The van der Waals surface area contributed by atoms with Crippen LogP contribution in [0.25, 0.3) is 0 Å². The van der Waals surface area contributed by atoms with Crippen molar-refractivity contribution in [3.8, 4) is 0 Å². The molecular weight excluding hydrogens is 151 g/mol. The van der Waals surface area contributed by atoms with Gasteiger partial charge in [-0.15, -0.1) is 0 Å². The van der Waals surface area contributed by atoms with E-state index in [1.54, 1.807) is 6.92 Å². The van der Waals surface area contributed by atoms with Gasteiger partial charge in [0.25, 0.3) is 0 Å². The van der Waals surface area contributed by atoms with Crippen molar-refractivity contribution in [2.45, 2.75) is 58.5 Å². The standard InChI is InChI=1S/C11H21F/c1-9(2)7-10-5-4-6-11(3,12)8-10/h9-10H,4-8H2,1-3H3/t10-,11?/m1/s1. The molecule has 0 amide bonds. The molecular formula is C11H21F. The van der Waals surface area contributed by atoms with Crippen LogP contribution in [0.5, 0.6) is 0 Å². The van der Waals surface area contributed by atoms with E-state index < -0.39 is 5.67 Å². The number of hydrogen-bond acceptors (Lipinski definition) is 0. The van der Waals surface area contributed by atoms with Crippen LogP contribution in [-0.4, -0.2) is 5.67 Å². The third-order valence-corrected chi connectivity index (χ3v) is 2.83. The van der Waals surface area contributed by atoms with Crippen LogP contribution in [0.3, 0.4) is 0 Å². The number of halogens is 1. The highest BCUT2D eigenvalue weighted by atomic mass is 19.1. The zero-order chi connectivity index (χ0) is 9.19. The first-order valence-electron chi connectivity index (χ1n) is 5.18. The molecule has 0 aromatic rings. The van der Waals surface area contributed by atoms with Gasteiger partial charge in [0, 0.05) is 0 Å². The fourth-order valence-corrected chi connectivity index (χ4v) is 2.43. The summed E-state index contributed by atoms with van der Waals surface area (Å²) in [5, 5.41) is 0. The van der Waals surface area contributed by atoms with Crippen LogP contribution < -0.4 is 0 Å². The molecule has 0 N–H and O–H groups in total. The van der Waals surface area contributed by atoms with E-state index in [4.69, 9.17) is 0 Å². The van der Waals surface area contributed by atoms with Gasteiger partial charge in [-0.25, -0.2) is 4.39 Å². The quantitative estimate of drug-likeness (QED) is 0.591. The molecule has 0 aromatic heterocycles. The van der Waals surface area contributed by atoms with E-state index >= 15 is 0 Å². The summed E-state index contributed by atoms with van der Waals surface area (Å²) in [5.74, 6) is 1.37. The summed E-state index contributed by atoms with van der Waals surface area (Å²) in [5.41, 5.74) is -0.863. The summed E-state index contributed by atoms with van der Waals surface area (Å²) in [6.07, 6.45) is 5.12. The van der Waals surface area contributed by atoms with Crippen LogP contribution >= 0.6 is 0 Å². The number of alkyl halides is 1. The Balaban J connectivity index is 2.36. The number of hydrogen-bond donors (Lipinski definition) is 0. The summed E-state index contributed by atoms with van der Waals surface area (Å²) in [6.45, 7) is 6.22. The lowest BCUT2D eigenvalue weighted by molar-refractivity contribution is 0.0864. The molecule has 0 aromatic carbocycles. The third-order valence-electron chi connectivity index (χ3n) is 2.83. The van der Waals surface area contributed by atoms with Crippen molar-refractivity contribution >= 4 is 0 Å². The molecule has 1 fully saturated rings. The van der Waals surface area contributed by atoms with E-state index in [-0.39, 0.29) is 0 Å². The highest BCUT2D eigenvalue weighted by molar-refractivity contribution is 4.83. The second kappa shape index (κ2) is 3.76. The van der Waals surface area contributed by atoms with E-state index in [0.29, 0.717) is 5.92 Å². The molecule has 12 heavy (non-hydrogen) atoms. The van der Waals surface area contributed by atoms with Crippen molar-refractivity contribution in [1.82, 2.24) is 0 Å².